The second kappa shape index (κ2) is 5.79. The largest absolute Gasteiger partial charge is 0.416 e. The van der Waals surface area contributed by atoms with Gasteiger partial charge in [-0.25, -0.2) is 0 Å². The van der Waals surface area contributed by atoms with E-state index in [1.54, 1.807) is 0 Å². The van der Waals surface area contributed by atoms with E-state index in [4.69, 9.17) is 0 Å². The summed E-state index contributed by atoms with van der Waals surface area (Å²) in [5.74, 6) is 0. The molecule has 19 heavy (non-hydrogen) atoms. The third-order valence-electron chi connectivity index (χ3n) is 2.26. The molecule has 2 N–H and O–H groups in total. The summed E-state index contributed by atoms with van der Waals surface area (Å²) >= 11 is 0. The van der Waals surface area contributed by atoms with Gasteiger partial charge < -0.3 is 10.4 Å². The highest BCUT2D eigenvalue weighted by atomic mass is 19.4. The molecule has 0 bridgehead atoms. The Morgan fingerprint density at radius 2 is 1.74 bits per heavy atom. The molecular formula is C11H11F6NO. The Labute approximate surface area is 105 Å². The topological polar surface area (TPSA) is 32.3 Å². The van der Waals surface area contributed by atoms with Gasteiger partial charge in [-0.1, -0.05) is 12.1 Å². The third-order valence-corrected chi connectivity index (χ3v) is 2.26. The molecule has 2 nitrogen and oxygen atoms in total. The molecule has 0 saturated heterocycles. The first-order valence-corrected chi connectivity index (χ1v) is 5.22. The highest BCUT2D eigenvalue weighted by molar-refractivity contribution is 5.27. The number of hydrogen-bond acceptors (Lipinski definition) is 2. The fourth-order valence-electron chi connectivity index (χ4n) is 1.39. The molecule has 0 aliphatic heterocycles. The first kappa shape index (κ1) is 15.8. The molecule has 0 spiro atoms. The van der Waals surface area contributed by atoms with Crippen molar-refractivity contribution in [3.05, 3.63) is 35.4 Å². The SMILES string of the molecule is OC(CNCC(F)(F)F)c1cccc(C(F)(F)F)c1. The van der Waals surface area contributed by atoms with Gasteiger partial charge in [-0.05, 0) is 17.7 Å². The number of benzene rings is 1. The highest BCUT2D eigenvalue weighted by Gasteiger charge is 2.31. The second-order valence-corrected chi connectivity index (χ2v) is 3.89. The molecule has 8 heteroatoms. The number of rotatable bonds is 4. The molecule has 1 aromatic carbocycles. The standard InChI is InChI=1S/C11H11F6NO/c12-10(13,14)6-18-5-9(19)7-2-1-3-8(4-7)11(15,16)17/h1-4,9,18-19H,5-6H2. The number of aliphatic hydroxyl groups is 1. The number of alkyl halides is 6. The molecule has 0 heterocycles. The van der Waals surface area contributed by atoms with Gasteiger partial charge in [-0.15, -0.1) is 0 Å². The van der Waals surface area contributed by atoms with Gasteiger partial charge in [-0.2, -0.15) is 26.3 Å². The summed E-state index contributed by atoms with van der Waals surface area (Å²) in [4.78, 5) is 0. The van der Waals surface area contributed by atoms with Crippen LogP contribution in [0.5, 0.6) is 0 Å². The molecule has 0 aliphatic carbocycles. The molecule has 0 saturated carbocycles. The average Bonchev–Trinajstić information content (AvgIpc) is 2.26. The minimum Gasteiger partial charge on any atom is -0.387 e. The van der Waals surface area contributed by atoms with E-state index in [1.807, 2.05) is 5.32 Å². The third kappa shape index (κ3) is 5.48. The Bertz CT molecular complexity index is 414. The molecular weight excluding hydrogens is 276 g/mol. The van der Waals surface area contributed by atoms with E-state index in [2.05, 4.69) is 0 Å². The Balaban J connectivity index is 2.65. The summed E-state index contributed by atoms with van der Waals surface area (Å²) in [5, 5.41) is 11.4. The Hall–Kier alpha value is -1.28. The highest BCUT2D eigenvalue weighted by Crippen LogP contribution is 2.30. The lowest BCUT2D eigenvalue weighted by Crippen LogP contribution is -2.32. The monoisotopic (exact) mass is 287 g/mol. The van der Waals surface area contributed by atoms with E-state index >= 15 is 0 Å². The lowest BCUT2D eigenvalue weighted by atomic mass is 10.1. The molecule has 1 aromatic rings. The van der Waals surface area contributed by atoms with Crippen molar-refractivity contribution in [1.82, 2.24) is 5.32 Å². The van der Waals surface area contributed by atoms with Crippen LogP contribution in [0.25, 0.3) is 0 Å². The number of halogens is 6. The summed E-state index contributed by atoms with van der Waals surface area (Å²) in [5.41, 5.74) is -1.05. The Morgan fingerprint density at radius 3 is 2.26 bits per heavy atom. The van der Waals surface area contributed by atoms with Gasteiger partial charge in [0.05, 0.1) is 18.2 Å². The molecule has 1 atom stereocenters. The van der Waals surface area contributed by atoms with E-state index < -0.39 is 37.1 Å². The maximum absolute atomic E-state index is 12.4. The number of nitrogens with one attached hydrogen (secondary N) is 1. The van der Waals surface area contributed by atoms with Crippen LogP contribution in [0.4, 0.5) is 26.3 Å². The van der Waals surface area contributed by atoms with Gasteiger partial charge >= 0.3 is 12.4 Å². The minimum atomic E-state index is -4.56. The first-order valence-electron chi connectivity index (χ1n) is 5.22. The van der Waals surface area contributed by atoms with E-state index in [1.165, 1.54) is 6.07 Å². The van der Waals surface area contributed by atoms with Crippen LogP contribution in [-0.4, -0.2) is 24.4 Å². The zero-order valence-corrected chi connectivity index (χ0v) is 9.52. The van der Waals surface area contributed by atoms with Crippen molar-refractivity contribution in [1.29, 1.82) is 0 Å². The van der Waals surface area contributed by atoms with Crippen LogP contribution in [0, 0.1) is 0 Å². The van der Waals surface area contributed by atoms with E-state index in [-0.39, 0.29) is 5.56 Å². The number of aliphatic hydroxyl groups excluding tert-OH is 1. The lowest BCUT2D eigenvalue weighted by molar-refractivity contribution is -0.137. The maximum atomic E-state index is 12.4. The van der Waals surface area contributed by atoms with Gasteiger partial charge in [0.2, 0.25) is 0 Å². The predicted octanol–water partition coefficient (Wildman–Crippen LogP) is 2.89. The van der Waals surface area contributed by atoms with E-state index in [9.17, 15) is 31.4 Å². The van der Waals surface area contributed by atoms with Crippen LogP contribution < -0.4 is 5.32 Å². The quantitative estimate of drug-likeness (QED) is 0.835. The fraction of sp³-hybridized carbons (Fsp3) is 0.455. The van der Waals surface area contributed by atoms with Crippen molar-refractivity contribution in [3.8, 4) is 0 Å². The van der Waals surface area contributed by atoms with Crippen LogP contribution in [0.2, 0.25) is 0 Å². The van der Waals surface area contributed by atoms with E-state index in [0.29, 0.717) is 6.07 Å². The maximum Gasteiger partial charge on any atom is 0.416 e. The molecule has 0 aromatic heterocycles. The van der Waals surface area contributed by atoms with Crippen molar-refractivity contribution >= 4 is 0 Å². The molecule has 0 radical (unpaired) electrons. The zero-order valence-electron chi connectivity index (χ0n) is 9.52. The normalized spacial score (nSPS) is 14.5. The molecule has 1 rings (SSSR count). The predicted molar refractivity (Wildman–Crippen MR) is 55.3 cm³/mol. The fourth-order valence-corrected chi connectivity index (χ4v) is 1.39. The first-order chi connectivity index (χ1) is 8.59. The Kier molecular flexibility index (Phi) is 4.81. The summed E-state index contributed by atoms with van der Waals surface area (Å²) in [6.07, 6.45) is -10.4. The molecule has 0 amide bonds. The smallest absolute Gasteiger partial charge is 0.387 e. The van der Waals surface area contributed by atoms with Crippen LogP contribution in [0.1, 0.15) is 17.2 Å². The van der Waals surface area contributed by atoms with Crippen molar-refractivity contribution in [3.63, 3.8) is 0 Å². The van der Waals surface area contributed by atoms with Gasteiger partial charge in [0.25, 0.3) is 0 Å². The minimum absolute atomic E-state index is 0.0931. The van der Waals surface area contributed by atoms with Gasteiger partial charge in [0.1, 0.15) is 0 Å². The van der Waals surface area contributed by atoms with Gasteiger partial charge in [0, 0.05) is 6.54 Å². The molecule has 108 valence electrons. The van der Waals surface area contributed by atoms with Gasteiger partial charge in [0.15, 0.2) is 0 Å². The zero-order chi connectivity index (χ0) is 14.7. The average molecular weight is 287 g/mol. The molecule has 0 fully saturated rings. The second-order valence-electron chi connectivity index (χ2n) is 3.89. The molecule has 1 unspecified atom stereocenters. The van der Waals surface area contributed by atoms with Gasteiger partial charge in [-0.3, -0.25) is 0 Å². The molecule has 0 aliphatic rings. The lowest BCUT2D eigenvalue weighted by Gasteiger charge is -2.15. The number of hydrogen-bond donors (Lipinski definition) is 2. The van der Waals surface area contributed by atoms with Crippen molar-refractivity contribution in [2.45, 2.75) is 18.5 Å². The van der Waals surface area contributed by atoms with Crippen LogP contribution in [0.15, 0.2) is 24.3 Å². The summed E-state index contributed by atoms with van der Waals surface area (Å²) < 4.78 is 72.7. The van der Waals surface area contributed by atoms with E-state index in [0.717, 1.165) is 12.1 Å². The van der Waals surface area contributed by atoms with Crippen LogP contribution in [-0.2, 0) is 6.18 Å². The summed E-state index contributed by atoms with van der Waals surface area (Å²) in [7, 11) is 0. The van der Waals surface area contributed by atoms with Crippen LogP contribution in [0.3, 0.4) is 0 Å². The summed E-state index contributed by atoms with van der Waals surface area (Å²) in [6.45, 7) is -1.80. The van der Waals surface area contributed by atoms with Crippen molar-refractivity contribution in [2.75, 3.05) is 13.1 Å². The van der Waals surface area contributed by atoms with Crippen LogP contribution >= 0.6 is 0 Å². The van der Waals surface area contributed by atoms with Crippen molar-refractivity contribution in [2.24, 2.45) is 0 Å². The van der Waals surface area contributed by atoms with Crippen molar-refractivity contribution < 1.29 is 31.4 Å². The summed E-state index contributed by atoms with van der Waals surface area (Å²) in [6, 6.07) is 3.83. The Morgan fingerprint density at radius 1 is 1.11 bits per heavy atom.